The molecule has 1 rings (SSSR count). The second kappa shape index (κ2) is 29.9. The van der Waals surface area contributed by atoms with Gasteiger partial charge in [-0.25, -0.2) is 0 Å². The molecular weight excluding hydrogens is 853 g/mol. The molecule has 62 heavy (non-hydrogen) atoms. The van der Waals surface area contributed by atoms with E-state index >= 15 is 0 Å². The van der Waals surface area contributed by atoms with Crippen LogP contribution in [0, 0.1) is 0 Å². The van der Waals surface area contributed by atoms with E-state index in [1.807, 2.05) is 13.8 Å². The highest BCUT2D eigenvalue weighted by molar-refractivity contribution is 8.08. The van der Waals surface area contributed by atoms with E-state index in [9.17, 15) is 57.8 Å². The molecule has 0 aromatic rings. The van der Waals surface area contributed by atoms with Crippen LogP contribution < -0.4 is 42.5 Å². The van der Waals surface area contributed by atoms with Crippen molar-refractivity contribution in [1.29, 1.82) is 0 Å². The summed E-state index contributed by atoms with van der Waals surface area (Å²) in [5.74, 6) is -7.47. The number of hydrogen-bond acceptors (Lipinski definition) is 14. The van der Waals surface area contributed by atoms with Crippen molar-refractivity contribution in [3.63, 3.8) is 0 Å². The fourth-order valence-corrected chi connectivity index (χ4v) is 7.73. The first-order valence-electron chi connectivity index (χ1n) is 20.4. The lowest BCUT2D eigenvalue weighted by molar-refractivity contribution is -0.143. The number of imide groups is 1. The average Bonchev–Trinajstić information content (AvgIpc) is 3.51. The fraction of sp³-hybridized carbons (Fsp3) is 0.658. The molecule has 24 heteroatoms. The zero-order chi connectivity index (χ0) is 46.8. The lowest BCUT2D eigenvalue weighted by Gasteiger charge is -2.30. The Morgan fingerprint density at radius 1 is 0.629 bits per heavy atom. The summed E-state index contributed by atoms with van der Waals surface area (Å²) in [5.41, 5.74) is 0. The number of nitrogens with zero attached hydrogens (tertiary/aromatic N) is 2. The van der Waals surface area contributed by atoms with Crippen LogP contribution >= 0.6 is 23.5 Å². The van der Waals surface area contributed by atoms with Crippen molar-refractivity contribution in [2.75, 3.05) is 64.9 Å². The van der Waals surface area contributed by atoms with Crippen LogP contribution in [-0.2, 0) is 52.7 Å². The van der Waals surface area contributed by atoms with Gasteiger partial charge in [-0.05, 0) is 19.3 Å². The number of nitrogens with one attached hydrogen (secondary N) is 8. The van der Waals surface area contributed by atoms with Crippen LogP contribution in [0.3, 0.4) is 0 Å². The van der Waals surface area contributed by atoms with Crippen molar-refractivity contribution >= 4 is 88.5 Å². The van der Waals surface area contributed by atoms with Gasteiger partial charge in [-0.3, -0.25) is 58.1 Å². The molecule has 0 bridgehead atoms. The van der Waals surface area contributed by atoms with Crippen LogP contribution in [0.1, 0.15) is 79.1 Å². The summed E-state index contributed by atoms with van der Waals surface area (Å²) in [6.45, 7) is 5.81. The Kier molecular flexibility index (Phi) is 26.4. The third-order valence-electron chi connectivity index (χ3n) is 8.68. The normalized spacial score (nSPS) is 13.5. The highest BCUT2D eigenvalue weighted by Gasteiger charge is 2.35. The predicted octanol–water partition coefficient (Wildman–Crippen LogP) is -2.69. The summed E-state index contributed by atoms with van der Waals surface area (Å²) in [6.07, 6.45) is 1.43. The summed E-state index contributed by atoms with van der Waals surface area (Å²) in [6, 6.07) is -2.51. The number of likely N-dealkylation sites (N-methyl/N-ethyl adjacent to an activating group) is 2. The standard InChI is InChI=1S/C38H62N10O12S2/c1-7-11-12-13-26(50)44-24(38(60)48(15-9-3)20-32(56)47(14-8-2)19-31(55)39-5)22-62-34-33(36(58)46-37(34)59)61-21-23(35(57)40-6)43-30(54)18-42-29(53)17-41-27(51)16-28(52)45-25(49)10-4/h23-24,28,52H,7-22H2,1-6H3,(H,39,55)(H,40,57)(H,41,51)(H,42,53)(H,43,54)(H,44,50)(H,45,49)(H,46,58,59)/t23-,24?,28?/m0/s1. The minimum Gasteiger partial charge on any atom is -0.373 e. The summed E-state index contributed by atoms with van der Waals surface area (Å²) < 4.78 is 0. The molecule has 1 heterocycles. The number of aliphatic hydroxyl groups is 1. The number of aliphatic hydroxyl groups excluding tert-OH is 1. The number of amides is 11. The Morgan fingerprint density at radius 2 is 1.19 bits per heavy atom. The van der Waals surface area contributed by atoms with E-state index in [1.54, 1.807) is 13.8 Å². The van der Waals surface area contributed by atoms with Gasteiger partial charge in [0.05, 0.1) is 42.4 Å². The van der Waals surface area contributed by atoms with Gasteiger partial charge in [-0.15, -0.1) is 23.5 Å². The molecule has 2 unspecified atom stereocenters. The lowest BCUT2D eigenvalue weighted by Crippen LogP contribution is -2.53. The van der Waals surface area contributed by atoms with Crippen LogP contribution in [0.15, 0.2) is 9.81 Å². The van der Waals surface area contributed by atoms with Crippen molar-refractivity contribution in [3.05, 3.63) is 9.81 Å². The first kappa shape index (κ1) is 54.8. The molecule has 0 aliphatic carbocycles. The van der Waals surface area contributed by atoms with E-state index in [1.165, 1.54) is 23.9 Å². The van der Waals surface area contributed by atoms with Crippen LogP contribution in [0.2, 0.25) is 0 Å². The van der Waals surface area contributed by atoms with Crippen LogP contribution in [0.4, 0.5) is 0 Å². The van der Waals surface area contributed by atoms with E-state index in [-0.39, 0.29) is 66.2 Å². The lowest BCUT2D eigenvalue weighted by atomic mass is 10.2. The molecule has 0 aromatic carbocycles. The molecule has 0 spiro atoms. The zero-order valence-electron chi connectivity index (χ0n) is 36.2. The van der Waals surface area contributed by atoms with Crippen molar-refractivity contribution < 1.29 is 57.8 Å². The minimum atomic E-state index is -1.46. The van der Waals surface area contributed by atoms with Gasteiger partial charge in [0.1, 0.15) is 18.3 Å². The maximum absolute atomic E-state index is 14.1. The molecule has 11 amide bonds. The van der Waals surface area contributed by atoms with Gasteiger partial charge < -0.3 is 52.1 Å². The number of rotatable bonds is 30. The van der Waals surface area contributed by atoms with Gasteiger partial charge in [0.15, 0.2) is 0 Å². The molecular formula is C38H62N10O12S2. The third kappa shape index (κ3) is 20.6. The van der Waals surface area contributed by atoms with E-state index < -0.39 is 96.9 Å². The molecule has 22 nitrogen and oxygen atoms in total. The second-order valence-electron chi connectivity index (χ2n) is 13.8. The summed E-state index contributed by atoms with van der Waals surface area (Å²) in [5, 5.41) is 28.6. The number of carbonyl (C=O) groups is 11. The van der Waals surface area contributed by atoms with Crippen molar-refractivity contribution in [2.45, 2.75) is 97.4 Å². The number of unbranched alkanes of at least 4 members (excludes halogenated alkanes) is 2. The molecule has 1 aliphatic heterocycles. The predicted molar refractivity (Wildman–Crippen MR) is 230 cm³/mol. The fourth-order valence-electron chi connectivity index (χ4n) is 5.44. The summed E-state index contributed by atoms with van der Waals surface area (Å²) in [7, 11) is 2.75. The van der Waals surface area contributed by atoms with E-state index in [4.69, 9.17) is 0 Å². The average molecular weight is 915 g/mol. The van der Waals surface area contributed by atoms with Gasteiger partial charge in [0.2, 0.25) is 53.2 Å². The van der Waals surface area contributed by atoms with Gasteiger partial charge >= 0.3 is 0 Å². The maximum atomic E-state index is 14.1. The molecule has 9 N–H and O–H groups in total. The molecule has 3 atom stereocenters. The number of hydrogen-bond donors (Lipinski definition) is 9. The zero-order valence-corrected chi connectivity index (χ0v) is 37.8. The molecule has 0 radical (unpaired) electrons. The topological polar surface area (TPSA) is 311 Å². The SMILES string of the molecule is CCCCCC(=O)NC(CSC1=C(SC[C@H](NC(=O)CNC(=O)CNC(=O)CC(O)NC(=O)CC)C(=O)NC)C(=O)NC1=O)C(=O)N(CCC)CC(=O)N(CCC)CC(=O)NC. The third-order valence-corrected chi connectivity index (χ3v) is 11.2. The summed E-state index contributed by atoms with van der Waals surface area (Å²) in [4.78, 5) is 142. The van der Waals surface area contributed by atoms with Crippen molar-refractivity contribution in [2.24, 2.45) is 0 Å². The van der Waals surface area contributed by atoms with Crippen LogP contribution in [0.5, 0.6) is 0 Å². The highest BCUT2D eigenvalue weighted by Crippen LogP contribution is 2.33. The first-order chi connectivity index (χ1) is 29.4. The molecule has 0 aromatic heterocycles. The number of carbonyl (C=O) groups excluding carboxylic acids is 11. The van der Waals surface area contributed by atoms with E-state index in [0.717, 1.165) is 36.4 Å². The van der Waals surface area contributed by atoms with E-state index in [0.29, 0.717) is 19.3 Å². The Morgan fingerprint density at radius 3 is 1.76 bits per heavy atom. The van der Waals surface area contributed by atoms with Gasteiger partial charge in [0, 0.05) is 51.5 Å². The molecule has 348 valence electrons. The van der Waals surface area contributed by atoms with Crippen LogP contribution in [0.25, 0.3) is 0 Å². The molecule has 0 fully saturated rings. The number of thioether (sulfide) groups is 2. The van der Waals surface area contributed by atoms with Crippen molar-refractivity contribution in [3.8, 4) is 0 Å². The largest absolute Gasteiger partial charge is 0.373 e. The van der Waals surface area contributed by atoms with Gasteiger partial charge in [0.25, 0.3) is 11.8 Å². The highest BCUT2D eigenvalue weighted by atomic mass is 32.2. The van der Waals surface area contributed by atoms with E-state index in [2.05, 4.69) is 42.5 Å². The summed E-state index contributed by atoms with van der Waals surface area (Å²) >= 11 is 1.58. The van der Waals surface area contributed by atoms with Crippen molar-refractivity contribution in [1.82, 2.24) is 52.3 Å². The van der Waals surface area contributed by atoms with Gasteiger partial charge in [-0.1, -0.05) is 40.5 Å². The monoisotopic (exact) mass is 914 g/mol. The first-order valence-corrected chi connectivity index (χ1v) is 22.4. The molecule has 1 aliphatic rings. The smallest absolute Gasteiger partial charge is 0.265 e. The molecule has 0 saturated heterocycles. The quantitative estimate of drug-likeness (QED) is 0.0202. The molecule has 0 saturated carbocycles. The maximum Gasteiger partial charge on any atom is 0.265 e. The Balaban J connectivity index is 3.15. The van der Waals surface area contributed by atoms with Gasteiger partial charge in [-0.2, -0.15) is 0 Å². The Bertz CT molecular complexity index is 1660. The minimum absolute atomic E-state index is 0.0917. The van der Waals surface area contributed by atoms with Crippen LogP contribution in [-0.4, -0.2) is 163 Å². The second-order valence-corrected chi connectivity index (χ2v) is 15.9. The Hall–Kier alpha value is -5.23. The Labute approximate surface area is 369 Å².